The largest absolute Gasteiger partial charge is 0.450 e. The Kier molecular flexibility index (Phi) is 4.45. The van der Waals surface area contributed by atoms with Gasteiger partial charge in [-0.25, -0.2) is 4.79 Å². The Bertz CT molecular complexity index is 282. The van der Waals surface area contributed by atoms with Crippen molar-refractivity contribution in [2.24, 2.45) is 0 Å². The van der Waals surface area contributed by atoms with Gasteiger partial charge in [-0.3, -0.25) is 0 Å². The lowest BCUT2D eigenvalue weighted by atomic mass is 10.1. The molecule has 0 heterocycles. The molecule has 1 rings (SSSR count). The molecule has 0 amide bonds. The lowest BCUT2D eigenvalue weighted by Crippen LogP contribution is -2.02. The SMILES string of the molecule is O=C(OCBr)c1ccc(CBr)cc1. The van der Waals surface area contributed by atoms with Gasteiger partial charge in [0.15, 0.2) is 0 Å². The maximum Gasteiger partial charge on any atom is 0.338 e. The van der Waals surface area contributed by atoms with E-state index in [1.165, 1.54) is 0 Å². The number of ether oxygens (including phenoxy) is 1. The van der Waals surface area contributed by atoms with E-state index in [-0.39, 0.29) is 11.5 Å². The summed E-state index contributed by atoms with van der Waals surface area (Å²) >= 11 is 6.35. The number of carbonyl (C=O) groups excluding carboxylic acids is 1. The Labute approximate surface area is 93.5 Å². The van der Waals surface area contributed by atoms with Crippen molar-refractivity contribution in [3.8, 4) is 0 Å². The van der Waals surface area contributed by atoms with Crippen LogP contribution in [-0.4, -0.2) is 11.5 Å². The highest BCUT2D eigenvalue weighted by atomic mass is 79.9. The van der Waals surface area contributed by atoms with Crippen LogP contribution in [0.15, 0.2) is 24.3 Å². The summed E-state index contributed by atoms with van der Waals surface area (Å²) in [4.78, 5) is 11.2. The van der Waals surface area contributed by atoms with Crippen molar-refractivity contribution < 1.29 is 9.53 Å². The Balaban J connectivity index is 2.74. The van der Waals surface area contributed by atoms with Crippen LogP contribution < -0.4 is 0 Å². The Morgan fingerprint density at radius 3 is 2.31 bits per heavy atom. The highest BCUT2D eigenvalue weighted by Gasteiger charge is 2.04. The molecule has 0 saturated heterocycles. The van der Waals surface area contributed by atoms with Crippen LogP contribution in [0, 0.1) is 0 Å². The van der Waals surface area contributed by atoms with Crippen molar-refractivity contribution in [3.05, 3.63) is 35.4 Å². The zero-order valence-electron chi connectivity index (χ0n) is 6.80. The van der Waals surface area contributed by atoms with Crippen LogP contribution >= 0.6 is 31.9 Å². The maximum absolute atomic E-state index is 11.2. The first-order valence-electron chi connectivity index (χ1n) is 3.66. The van der Waals surface area contributed by atoms with Crippen molar-refractivity contribution in [2.45, 2.75) is 5.33 Å². The second kappa shape index (κ2) is 5.40. The molecule has 0 spiro atoms. The van der Waals surface area contributed by atoms with E-state index >= 15 is 0 Å². The first-order chi connectivity index (χ1) is 6.27. The molecule has 0 saturated carbocycles. The van der Waals surface area contributed by atoms with E-state index in [1.807, 2.05) is 12.1 Å². The molecule has 0 N–H and O–H groups in total. The topological polar surface area (TPSA) is 26.3 Å². The minimum Gasteiger partial charge on any atom is -0.450 e. The average molecular weight is 308 g/mol. The van der Waals surface area contributed by atoms with Crippen molar-refractivity contribution in [1.82, 2.24) is 0 Å². The zero-order chi connectivity index (χ0) is 9.68. The van der Waals surface area contributed by atoms with Crippen molar-refractivity contribution in [1.29, 1.82) is 0 Å². The van der Waals surface area contributed by atoms with Gasteiger partial charge in [-0.05, 0) is 33.6 Å². The molecule has 0 fully saturated rings. The van der Waals surface area contributed by atoms with E-state index in [2.05, 4.69) is 31.9 Å². The van der Waals surface area contributed by atoms with Crippen molar-refractivity contribution in [3.63, 3.8) is 0 Å². The monoisotopic (exact) mass is 306 g/mol. The van der Waals surface area contributed by atoms with E-state index in [1.54, 1.807) is 12.1 Å². The summed E-state index contributed by atoms with van der Waals surface area (Å²) < 4.78 is 4.77. The van der Waals surface area contributed by atoms with Gasteiger partial charge >= 0.3 is 5.97 Å². The molecule has 0 aliphatic carbocycles. The minimum absolute atomic E-state index is 0.228. The molecule has 0 aliphatic rings. The molecule has 0 unspecified atom stereocenters. The fourth-order valence-corrected chi connectivity index (χ4v) is 1.44. The third-order valence-electron chi connectivity index (χ3n) is 1.53. The minimum atomic E-state index is -0.307. The molecule has 0 aromatic heterocycles. The predicted molar refractivity (Wildman–Crippen MR) is 58.3 cm³/mol. The summed E-state index contributed by atoms with van der Waals surface area (Å²) in [5.74, 6) is -0.307. The summed E-state index contributed by atoms with van der Waals surface area (Å²) in [7, 11) is 0. The van der Waals surface area contributed by atoms with Crippen LogP contribution in [0.2, 0.25) is 0 Å². The molecule has 0 radical (unpaired) electrons. The number of alkyl halides is 2. The fraction of sp³-hybridized carbons (Fsp3) is 0.222. The predicted octanol–water partition coefficient (Wildman–Crippen LogP) is 3.09. The van der Waals surface area contributed by atoms with Gasteiger partial charge in [0, 0.05) is 5.33 Å². The Morgan fingerprint density at radius 1 is 1.23 bits per heavy atom. The number of rotatable bonds is 3. The van der Waals surface area contributed by atoms with Crippen molar-refractivity contribution in [2.75, 3.05) is 5.52 Å². The van der Waals surface area contributed by atoms with Crippen molar-refractivity contribution >= 4 is 37.8 Å². The standard InChI is InChI=1S/C9H8Br2O2/c10-5-7-1-3-8(4-2-7)9(12)13-6-11/h1-4H,5-6H2. The number of esters is 1. The van der Waals surface area contributed by atoms with E-state index in [9.17, 15) is 4.79 Å². The summed E-state index contributed by atoms with van der Waals surface area (Å²) in [5, 5.41) is 0.792. The number of halogens is 2. The van der Waals surface area contributed by atoms with Crippen LogP contribution in [0.25, 0.3) is 0 Å². The lowest BCUT2D eigenvalue weighted by molar-refractivity contribution is 0.0584. The van der Waals surface area contributed by atoms with Gasteiger partial charge in [0.1, 0.15) is 5.52 Å². The quantitative estimate of drug-likeness (QED) is 0.633. The normalized spacial score (nSPS) is 9.69. The van der Waals surface area contributed by atoms with Crippen LogP contribution in [0.3, 0.4) is 0 Å². The molecule has 0 aliphatic heterocycles. The smallest absolute Gasteiger partial charge is 0.338 e. The Morgan fingerprint density at radius 2 is 1.85 bits per heavy atom. The molecule has 1 aromatic carbocycles. The molecular weight excluding hydrogens is 300 g/mol. The molecule has 0 atom stereocenters. The molecule has 4 heteroatoms. The van der Waals surface area contributed by atoms with Crippen LogP contribution in [0.1, 0.15) is 15.9 Å². The van der Waals surface area contributed by atoms with Crippen LogP contribution in [0.4, 0.5) is 0 Å². The highest BCUT2D eigenvalue weighted by molar-refractivity contribution is 9.09. The van der Waals surface area contributed by atoms with Gasteiger partial charge in [0.2, 0.25) is 0 Å². The van der Waals surface area contributed by atoms with Gasteiger partial charge in [-0.2, -0.15) is 0 Å². The van der Waals surface area contributed by atoms with E-state index in [4.69, 9.17) is 4.74 Å². The second-order valence-electron chi connectivity index (χ2n) is 2.37. The summed E-state index contributed by atoms with van der Waals surface area (Å²) in [6, 6.07) is 7.28. The van der Waals surface area contributed by atoms with E-state index in [0.717, 1.165) is 10.9 Å². The molecule has 13 heavy (non-hydrogen) atoms. The van der Waals surface area contributed by atoms with E-state index in [0.29, 0.717) is 5.56 Å². The third-order valence-corrected chi connectivity index (χ3v) is 2.41. The maximum atomic E-state index is 11.2. The zero-order valence-corrected chi connectivity index (χ0v) is 9.97. The number of hydrogen-bond acceptors (Lipinski definition) is 2. The van der Waals surface area contributed by atoms with Crippen LogP contribution in [-0.2, 0) is 10.1 Å². The van der Waals surface area contributed by atoms with Gasteiger partial charge in [0.25, 0.3) is 0 Å². The summed E-state index contributed by atoms with van der Waals surface area (Å²) in [5.41, 5.74) is 1.94. The molecular formula is C9H8Br2O2. The lowest BCUT2D eigenvalue weighted by Gasteiger charge is -2.01. The molecule has 70 valence electrons. The molecule has 2 nitrogen and oxygen atoms in total. The van der Waals surface area contributed by atoms with Gasteiger partial charge < -0.3 is 4.74 Å². The molecule has 0 bridgehead atoms. The highest BCUT2D eigenvalue weighted by Crippen LogP contribution is 2.09. The van der Waals surface area contributed by atoms with Gasteiger partial charge in [-0.15, -0.1) is 0 Å². The number of hydrogen-bond donors (Lipinski definition) is 0. The average Bonchev–Trinajstić information content (AvgIpc) is 2.18. The fourth-order valence-electron chi connectivity index (χ4n) is 0.863. The first-order valence-corrected chi connectivity index (χ1v) is 5.90. The summed E-state index contributed by atoms with van der Waals surface area (Å²) in [6.45, 7) is 0. The molecule has 1 aromatic rings. The Hall–Kier alpha value is -0.350. The number of benzene rings is 1. The number of carbonyl (C=O) groups is 1. The summed E-state index contributed by atoms with van der Waals surface area (Å²) in [6.07, 6.45) is 0. The van der Waals surface area contributed by atoms with Gasteiger partial charge in [0.05, 0.1) is 5.56 Å². The first kappa shape index (κ1) is 10.7. The van der Waals surface area contributed by atoms with Crippen LogP contribution in [0.5, 0.6) is 0 Å². The van der Waals surface area contributed by atoms with Gasteiger partial charge in [-0.1, -0.05) is 28.1 Å². The second-order valence-corrected chi connectivity index (χ2v) is 3.39. The third kappa shape index (κ3) is 3.12. The van der Waals surface area contributed by atoms with E-state index < -0.39 is 0 Å².